The van der Waals surface area contributed by atoms with Crippen molar-refractivity contribution in [3.05, 3.63) is 103 Å². The molecule has 0 aliphatic carbocycles. The van der Waals surface area contributed by atoms with Gasteiger partial charge in [0.2, 0.25) is 11.8 Å². The van der Waals surface area contributed by atoms with Gasteiger partial charge in [-0.05, 0) is 47.7 Å². The third-order valence-corrected chi connectivity index (χ3v) is 10.4. The van der Waals surface area contributed by atoms with Crippen molar-refractivity contribution in [2.24, 2.45) is 11.8 Å². The predicted octanol–water partition coefficient (Wildman–Crippen LogP) is 4.63. The number of benzene rings is 3. The molecule has 3 amide bonds. The molecule has 3 aromatic carbocycles. The lowest BCUT2D eigenvalue weighted by Crippen LogP contribution is -2.56. The molecule has 4 heterocycles. The number of carbonyl (C=O) groups is 4. The number of unbranched alkanes of at least 4 members (excludes halogenated alkanes) is 3. The minimum Gasteiger partial charge on any atom is -0.455 e. The van der Waals surface area contributed by atoms with Crippen LogP contribution in [0.2, 0.25) is 0 Å². The number of rotatable bonds is 8. The molecule has 1 spiro atoms. The maximum Gasteiger partial charge on any atom is 0.313 e. The van der Waals surface area contributed by atoms with Gasteiger partial charge in [-0.2, -0.15) is 0 Å². The number of likely N-dealkylation sites (tertiary alicyclic amines) is 1. The molecule has 4 aliphatic heterocycles. The molecule has 260 valence electrons. The first kappa shape index (κ1) is 33.7. The van der Waals surface area contributed by atoms with Gasteiger partial charge in [0.1, 0.15) is 23.7 Å². The van der Waals surface area contributed by atoms with Crippen LogP contribution in [0.4, 0.5) is 5.69 Å². The zero-order chi connectivity index (χ0) is 34.7. The van der Waals surface area contributed by atoms with Gasteiger partial charge in [0.05, 0.1) is 18.6 Å². The smallest absolute Gasteiger partial charge is 0.313 e. The van der Waals surface area contributed by atoms with E-state index in [1.807, 2.05) is 91.0 Å². The molecule has 0 radical (unpaired) electrons. The second kappa shape index (κ2) is 14.6. The molecule has 2 N–H and O–H groups in total. The van der Waals surface area contributed by atoms with Gasteiger partial charge in [0.25, 0.3) is 5.91 Å². The number of esters is 1. The Morgan fingerprint density at radius 2 is 1.64 bits per heavy atom. The Hall–Kier alpha value is -4.80. The Labute approximate surface area is 291 Å². The molecule has 4 aliphatic rings. The number of anilines is 1. The molecule has 6 atom stereocenters. The summed E-state index contributed by atoms with van der Waals surface area (Å²) in [4.78, 5) is 60.0. The van der Waals surface area contributed by atoms with E-state index in [2.05, 4.69) is 5.32 Å². The Morgan fingerprint density at radius 3 is 2.46 bits per heavy atom. The summed E-state index contributed by atoms with van der Waals surface area (Å²) in [6.07, 6.45) is 9.40. The van der Waals surface area contributed by atoms with Gasteiger partial charge < -0.3 is 29.7 Å². The average molecular weight is 678 g/mol. The highest BCUT2D eigenvalue weighted by molar-refractivity contribution is 6.06. The number of cyclic esters (lactones) is 1. The first-order valence-corrected chi connectivity index (χ1v) is 17.7. The van der Waals surface area contributed by atoms with Crippen molar-refractivity contribution >= 4 is 40.2 Å². The number of aliphatic hydroxyl groups is 1. The predicted molar refractivity (Wildman–Crippen MR) is 188 cm³/mol. The van der Waals surface area contributed by atoms with Gasteiger partial charge in [0, 0.05) is 31.8 Å². The molecule has 3 aromatic rings. The fourth-order valence-electron chi connectivity index (χ4n) is 7.94. The molecular weight excluding hydrogens is 634 g/mol. The lowest BCUT2D eigenvalue weighted by molar-refractivity contribution is -0.159. The molecule has 50 heavy (non-hydrogen) atoms. The summed E-state index contributed by atoms with van der Waals surface area (Å²) in [5, 5.41) is 14.2. The maximum absolute atomic E-state index is 15.1. The summed E-state index contributed by atoms with van der Waals surface area (Å²) in [5.41, 5.74) is 0.0358. The van der Waals surface area contributed by atoms with Gasteiger partial charge in [-0.3, -0.25) is 19.2 Å². The highest BCUT2D eigenvalue weighted by Gasteiger charge is 2.73. The number of aliphatic hydroxyl groups excluding tert-OH is 1. The van der Waals surface area contributed by atoms with Crippen LogP contribution in [0.15, 0.2) is 97.1 Å². The zero-order valence-electron chi connectivity index (χ0n) is 28.0. The van der Waals surface area contributed by atoms with Gasteiger partial charge in [-0.1, -0.05) is 97.8 Å². The SMILES string of the molecule is O=C1CC/C=C\CN(c2ccc3ccccc3c2)C(=O)[C@@H]2N(CCCCCCO)C(=O)[C@H]3[C@H](C(=O)O[C@H](c4ccccc4)CN1)[C@@H]1C=C[C@]23O1. The van der Waals surface area contributed by atoms with Crippen LogP contribution in [0, 0.1) is 11.8 Å². The normalized spacial score (nSPS) is 28.9. The summed E-state index contributed by atoms with van der Waals surface area (Å²) >= 11 is 0. The first-order valence-electron chi connectivity index (χ1n) is 17.7. The molecule has 0 aromatic heterocycles. The van der Waals surface area contributed by atoms with E-state index in [4.69, 9.17) is 9.47 Å². The van der Waals surface area contributed by atoms with Crippen molar-refractivity contribution in [3.8, 4) is 0 Å². The minimum atomic E-state index is -1.35. The summed E-state index contributed by atoms with van der Waals surface area (Å²) in [7, 11) is 0. The number of allylic oxidation sites excluding steroid dienone is 1. The monoisotopic (exact) mass is 677 g/mol. The Bertz CT molecular complexity index is 1810. The number of nitrogens with zero attached hydrogens (tertiary/aromatic N) is 2. The Morgan fingerprint density at radius 1 is 0.860 bits per heavy atom. The largest absolute Gasteiger partial charge is 0.455 e. The number of nitrogens with one attached hydrogen (secondary N) is 1. The number of ether oxygens (including phenoxy) is 2. The quantitative estimate of drug-likeness (QED) is 0.203. The van der Waals surface area contributed by atoms with Crippen molar-refractivity contribution in [1.29, 1.82) is 0 Å². The van der Waals surface area contributed by atoms with Gasteiger partial charge in [0.15, 0.2) is 0 Å². The Kier molecular flexibility index (Phi) is 9.83. The highest BCUT2D eigenvalue weighted by atomic mass is 16.6. The van der Waals surface area contributed by atoms with Crippen molar-refractivity contribution in [1.82, 2.24) is 10.2 Å². The molecule has 10 nitrogen and oxygen atoms in total. The lowest BCUT2D eigenvalue weighted by Gasteiger charge is -2.36. The van der Waals surface area contributed by atoms with Crippen LogP contribution in [-0.4, -0.2) is 77.7 Å². The van der Waals surface area contributed by atoms with E-state index in [1.54, 1.807) is 15.9 Å². The van der Waals surface area contributed by atoms with Crippen LogP contribution in [0.5, 0.6) is 0 Å². The van der Waals surface area contributed by atoms with E-state index >= 15 is 4.79 Å². The third-order valence-electron chi connectivity index (χ3n) is 10.4. The fourth-order valence-corrected chi connectivity index (χ4v) is 7.94. The molecule has 0 saturated carbocycles. The van der Waals surface area contributed by atoms with Crippen LogP contribution in [-0.2, 0) is 28.7 Å². The van der Waals surface area contributed by atoms with Crippen molar-refractivity contribution < 1.29 is 33.8 Å². The van der Waals surface area contributed by atoms with E-state index in [1.165, 1.54) is 0 Å². The van der Waals surface area contributed by atoms with Crippen LogP contribution in [0.1, 0.15) is 50.2 Å². The van der Waals surface area contributed by atoms with E-state index < -0.39 is 41.7 Å². The van der Waals surface area contributed by atoms with Gasteiger partial charge in [-0.25, -0.2) is 0 Å². The van der Waals surface area contributed by atoms with Crippen LogP contribution >= 0.6 is 0 Å². The number of fused-ring (bicyclic) bond motifs is 3. The second-order valence-electron chi connectivity index (χ2n) is 13.5. The van der Waals surface area contributed by atoms with Crippen LogP contribution in [0.25, 0.3) is 10.8 Å². The third kappa shape index (κ3) is 6.33. The topological polar surface area (TPSA) is 125 Å². The van der Waals surface area contributed by atoms with E-state index in [-0.39, 0.29) is 43.8 Å². The standard InChI is InChI=1S/C40H43N3O7/c44-24-12-2-1-10-23-43-36-38(47)42(30-19-18-27-13-8-9-16-29(27)25-30)22-11-4-7-17-33(45)41-26-32(28-14-5-3-6-15-28)49-39(48)34-31-20-21-40(36,50-31)35(34)37(43)46/h3-6,8-9,11,13-16,18-21,25,31-32,34-36,44H,1-2,7,10,12,17,22-24,26H2,(H,41,45)/b11-4-/t31-,32-,34+,35+,36-,40+/m0/s1. The number of carbonyl (C=O) groups excluding carboxylic acids is 4. The van der Waals surface area contributed by atoms with Crippen molar-refractivity contribution in [3.63, 3.8) is 0 Å². The van der Waals surface area contributed by atoms with E-state index in [9.17, 15) is 19.5 Å². The first-order chi connectivity index (χ1) is 24.4. The lowest BCUT2D eigenvalue weighted by atomic mass is 9.74. The fraction of sp³-hybridized carbons (Fsp3) is 0.400. The molecule has 2 saturated heterocycles. The minimum absolute atomic E-state index is 0.0763. The summed E-state index contributed by atoms with van der Waals surface area (Å²) < 4.78 is 12.7. The van der Waals surface area contributed by atoms with Gasteiger partial charge >= 0.3 is 5.97 Å². The van der Waals surface area contributed by atoms with Crippen molar-refractivity contribution in [2.45, 2.75) is 62.4 Å². The molecule has 10 heteroatoms. The average Bonchev–Trinajstić information content (AvgIpc) is 3.78. The number of amides is 3. The number of hydrogen-bond acceptors (Lipinski definition) is 7. The molecule has 5 bridgehead atoms. The second-order valence-corrected chi connectivity index (χ2v) is 13.5. The van der Waals surface area contributed by atoms with Gasteiger partial charge in [-0.15, -0.1) is 0 Å². The number of hydrogen-bond donors (Lipinski definition) is 2. The van der Waals surface area contributed by atoms with Crippen LogP contribution in [0.3, 0.4) is 0 Å². The van der Waals surface area contributed by atoms with Crippen molar-refractivity contribution in [2.75, 3.05) is 31.1 Å². The van der Waals surface area contributed by atoms with E-state index in [0.29, 0.717) is 31.5 Å². The van der Waals surface area contributed by atoms with E-state index in [0.717, 1.165) is 29.2 Å². The maximum atomic E-state index is 15.1. The summed E-state index contributed by atoms with van der Waals surface area (Å²) in [5.74, 6) is -3.32. The molecule has 0 unspecified atom stereocenters. The molecule has 2 fully saturated rings. The Balaban J connectivity index is 1.29. The van der Waals surface area contributed by atoms with Crippen LogP contribution < -0.4 is 10.2 Å². The zero-order valence-corrected chi connectivity index (χ0v) is 28.0. The highest BCUT2D eigenvalue weighted by Crippen LogP contribution is 2.56. The summed E-state index contributed by atoms with van der Waals surface area (Å²) in [6, 6.07) is 22.0. The summed E-state index contributed by atoms with van der Waals surface area (Å²) in [6.45, 7) is 0.694. The molecule has 7 rings (SSSR count). The molecular formula is C40H43N3O7.